The Morgan fingerprint density at radius 2 is 1.50 bits per heavy atom. The summed E-state index contributed by atoms with van der Waals surface area (Å²) in [6.07, 6.45) is -10.2. The van der Waals surface area contributed by atoms with Crippen molar-refractivity contribution in [3.05, 3.63) is 0 Å². The summed E-state index contributed by atoms with van der Waals surface area (Å²) in [4.78, 5) is 0. The van der Waals surface area contributed by atoms with Gasteiger partial charge in [-0.3, -0.25) is 0 Å². The standard InChI is InChI=1S/C5H6F6O/c6-3-5(10,11)12-2-1-4(7,8)9/h1-3H2. The van der Waals surface area contributed by atoms with Crippen LogP contribution in [0.2, 0.25) is 0 Å². The molecule has 1 nitrogen and oxygen atoms in total. The maximum Gasteiger partial charge on any atom is 0.391 e. The summed E-state index contributed by atoms with van der Waals surface area (Å²) < 4.78 is 72.0. The van der Waals surface area contributed by atoms with E-state index in [1.54, 1.807) is 0 Å². The minimum Gasteiger partial charge on any atom is -0.318 e. The third-order valence-electron chi connectivity index (χ3n) is 0.854. The summed E-state index contributed by atoms with van der Waals surface area (Å²) in [6, 6.07) is 0. The first-order valence-electron chi connectivity index (χ1n) is 2.91. The fraction of sp³-hybridized carbons (Fsp3) is 1.00. The molecule has 0 aliphatic heterocycles. The number of rotatable bonds is 4. The van der Waals surface area contributed by atoms with Crippen LogP contribution in [0.5, 0.6) is 0 Å². The molecule has 0 bridgehead atoms. The number of hydrogen-bond acceptors (Lipinski definition) is 1. The van der Waals surface area contributed by atoms with Gasteiger partial charge in [-0.05, 0) is 0 Å². The number of hydrogen-bond donors (Lipinski definition) is 0. The maximum atomic E-state index is 11.8. The summed E-state index contributed by atoms with van der Waals surface area (Å²) in [7, 11) is 0. The molecule has 0 heterocycles. The van der Waals surface area contributed by atoms with E-state index in [4.69, 9.17) is 0 Å². The Labute approximate surface area is 64.3 Å². The zero-order valence-corrected chi connectivity index (χ0v) is 5.80. The van der Waals surface area contributed by atoms with Crippen LogP contribution in [-0.4, -0.2) is 25.6 Å². The largest absolute Gasteiger partial charge is 0.391 e. The molecular formula is C5H6F6O. The summed E-state index contributed by atoms with van der Waals surface area (Å²) >= 11 is 0. The SMILES string of the molecule is FCC(F)(F)OCCC(F)(F)F. The molecule has 0 spiro atoms. The first-order valence-corrected chi connectivity index (χ1v) is 2.91. The Balaban J connectivity index is 3.57. The van der Waals surface area contributed by atoms with Gasteiger partial charge in [-0.15, -0.1) is 0 Å². The molecule has 0 amide bonds. The van der Waals surface area contributed by atoms with Crippen LogP contribution in [0.15, 0.2) is 0 Å². The minimum atomic E-state index is -4.56. The van der Waals surface area contributed by atoms with Gasteiger partial charge >= 0.3 is 12.3 Å². The quantitative estimate of drug-likeness (QED) is 0.627. The molecule has 0 unspecified atom stereocenters. The van der Waals surface area contributed by atoms with Crippen molar-refractivity contribution in [3.63, 3.8) is 0 Å². The highest BCUT2D eigenvalue weighted by atomic mass is 19.4. The fourth-order valence-corrected chi connectivity index (χ4v) is 0.355. The average Bonchev–Trinajstić information content (AvgIpc) is 1.84. The minimum absolute atomic E-state index is 1.24. The molecule has 12 heavy (non-hydrogen) atoms. The zero-order chi connectivity index (χ0) is 9.83. The van der Waals surface area contributed by atoms with Gasteiger partial charge < -0.3 is 4.74 Å². The van der Waals surface area contributed by atoms with Crippen LogP contribution in [0.3, 0.4) is 0 Å². The fourth-order valence-electron chi connectivity index (χ4n) is 0.355. The normalized spacial score (nSPS) is 13.5. The van der Waals surface area contributed by atoms with E-state index in [1.165, 1.54) is 0 Å². The molecule has 0 saturated heterocycles. The molecule has 0 saturated carbocycles. The molecule has 0 aromatic rings. The molecule has 0 aromatic heterocycles. The lowest BCUT2D eigenvalue weighted by molar-refractivity contribution is -0.257. The Morgan fingerprint density at radius 1 is 1.00 bits per heavy atom. The van der Waals surface area contributed by atoms with Crippen LogP contribution in [-0.2, 0) is 4.74 Å². The highest BCUT2D eigenvalue weighted by molar-refractivity contribution is 4.52. The van der Waals surface area contributed by atoms with Gasteiger partial charge in [-0.1, -0.05) is 0 Å². The third-order valence-corrected chi connectivity index (χ3v) is 0.854. The monoisotopic (exact) mass is 196 g/mol. The third kappa shape index (κ3) is 6.26. The van der Waals surface area contributed by atoms with Gasteiger partial charge in [-0.25, -0.2) is 4.39 Å². The summed E-state index contributed by atoms with van der Waals surface area (Å²) in [6.45, 7) is -3.36. The van der Waals surface area contributed by atoms with Crippen molar-refractivity contribution >= 4 is 0 Å². The van der Waals surface area contributed by atoms with Gasteiger partial charge in [0.25, 0.3) is 0 Å². The molecule has 0 aliphatic rings. The molecule has 0 atom stereocenters. The van der Waals surface area contributed by atoms with Crippen molar-refractivity contribution in [3.8, 4) is 0 Å². The first kappa shape index (κ1) is 11.5. The number of ether oxygens (including phenoxy) is 1. The molecular weight excluding hydrogens is 190 g/mol. The zero-order valence-electron chi connectivity index (χ0n) is 5.80. The van der Waals surface area contributed by atoms with Crippen LogP contribution < -0.4 is 0 Å². The maximum absolute atomic E-state index is 11.8. The lowest BCUT2D eigenvalue weighted by Gasteiger charge is -2.13. The Kier molecular flexibility index (Phi) is 3.82. The van der Waals surface area contributed by atoms with Gasteiger partial charge in [0, 0.05) is 0 Å². The van der Waals surface area contributed by atoms with Crippen LogP contribution >= 0.6 is 0 Å². The van der Waals surface area contributed by atoms with Crippen molar-refractivity contribution in [2.75, 3.05) is 13.3 Å². The molecule has 74 valence electrons. The second-order valence-electron chi connectivity index (χ2n) is 1.98. The first-order chi connectivity index (χ1) is 5.27. The van der Waals surface area contributed by atoms with E-state index in [9.17, 15) is 26.3 Å². The molecule has 0 rings (SSSR count). The molecule has 0 aromatic carbocycles. The molecule has 0 N–H and O–H groups in total. The van der Waals surface area contributed by atoms with Gasteiger partial charge in [0.1, 0.15) is 0 Å². The van der Waals surface area contributed by atoms with Gasteiger partial charge in [0.05, 0.1) is 13.0 Å². The van der Waals surface area contributed by atoms with E-state index in [0.29, 0.717) is 0 Å². The van der Waals surface area contributed by atoms with Crippen molar-refractivity contribution < 1.29 is 31.1 Å². The summed E-state index contributed by atoms with van der Waals surface area (Å²) in [5.41, 5.74) is 0. The van der Waals surface area contributed by atoms with Gasteiger partial charge in [0.15, 0.2) is 6.67 Å². The van der Waals surface area contributed by atoms with E-state index < -0.39 is 32.0 Å². The predicted octanol–water partition coefficient (Wildman–Crippen LogP) is 2.52. The van der Waals surface area contributed by atoms with E-state index in [-0.39, 0.29) is 0 Å². The summed E-state index contributed by atoms with van der Waals surface area (Å²) in [5, 5.41) is 0. The van der Waals surface area contributed by atoms with Crippen molar-refractivity contribution in [2.45, 2.75) is 18.7 Å². The predicted molar refractivity (Wildman–Crippen MR) is 27.5 cm³/mol. The van der Waals surface area contributed by atoms with Crippen LogP contribution in [0.25, 0.3) is 0 Å². The topological polar surface area (TPSA) is 9.23 Å². The van der Waals surface area contributed by atoms with E-state index in [1.807, 2.05) is 0 Å². The number of halogens is 6. The molecule has 0 aliphatic carbocycles. The second-order valence-corrected chi connectivity index (χ2v) is 1.98. The van der Waals surface area contributed by atoms with Crippen LogP contribution in [0.4, 0.5) is 26.3 Å². The Hall–Kier alpha value is -0.460. The van der Waals surface area contributed by atoms with E-state index in [2.05, 4.69) is 4.74 Å². The Bertz CT molecular complexity index is 130. The molecule has 7 heteroatoms. The highest BCUT2D eigenvalue weighted by Gasteiger charge is 2.33. The van der Waals surface area contributed by atoms with Gasteiger partial charge in [0.2, 0.25) is 0 Å². The van der Waals surface area contributed by atoms with Crippen LogP contribution in [0.1, 0.15) is 6.42 Å². The van der Waals surface area contributed by atoms with Crippen molar-refractivity contribution in [1.82, 2.24) is 0 Å². The lowest BCUT2D eigenvalue weighted by Crippen LogP contribution is -2.25. The lowest BCUT2D eigenvalue weighted by atomic mass is 10.4. The highest BCUT2D eigenvalue weighted by Crippen LogP contribution is 2.22. The van der Waals surface area contributed by atoms with Crippen LogP contribution in [0, 0.1) is 0 Å². The smallest absolute Gasteiger partial charge is 0.318 e. The van der Waals surface area contributed by atoms with E-state index >= 15 is 0 Å². The van der Waals surface area contributed by atoms with Crippen molar-refractivity contribution in [1.29, 1.82) is 0 Å². The van der Waals surface area contributed by atoms with Crippen molar-refractivity contribution in [2.24, 2.45) is 0 Å². The second kappa shape index (κ2) is 3.97. The number of alkyl halides is 6. The Morgan fingerprint density at radius 3 is 1.83 bits per heavy atom. The summed E-state index contributed by atoms with van der Waals surface area (Å²) in [5.74, 6) is 0. The van der Waals surface area contributed by atoms with Gasteiger partial charge in [-0.2, -0.15) is 22.0 Å². The average molecular weight is 196 g/mol. The van der Waals surface area contributed by atoms with E-state index in [0.717, 1.165) is 0 Å². The molecule has 0 fully saturated rings. The molecule has 0 radical (unpaired) electrons.